The molecule has 2 atom stereocenters. The fourth-order valence-electron chi connectivity index (χ4n) is 1.61. The molecule has 0 spiro atoms. The van der Waals surface area contributed by atoms with Crippen molar-refractivity contribution >= 4 is 22.9 Å². The average Bonchev–Trinajstić information content (AvgIpc) is 2.97. The highest BCUT2D eigenvalue weighted by Crippen LogP contribution is 2.32. The van der Waals surface area contributed by atoms with Gasteiger partial charge in [0.05, 0.1) is 10.4 Å². The van der Waals surface area contributed by atoms with Crippen LogP contribution in [0.25, 0.3) is 0 Å². The van der Waals surface area contributed by atoms with Crippen LogP contribution in [0.2, 0.25) is 4.34 Å². The Bertz CT molecular complexity index is 324. The summed E-state index contributed by atoms with van der Waals surface area (Å²) in [7, 11) is 0. The molecule has 0 amide bonds. The van der Waals surface area contributed by atoms with E-state index in [-0.39, 0.29) is 12.1 Å². The number of aliphatic hydroxyl groups is 1. The van der Waals surface area contributed by atoms with Crippen LogP contribution in [0, 0.1) is 5.92 Å². The Morgan fingerprint density at radius 3 is 2.93 bits per heavy atom. The molecule has 84 valence electrons. The Labute approximate surface area is 99.3 Å². The quantitative estimate of drug-likeness (QED) is 0.836. The molecule has 2 nitrogen and oxygen atoms in total. The molecule has 1 aromatic rings. The molecule has 15 heavy (non-hydrogen) atoms. The van der Waals surface area contributed by atoms with Gasteiger partial charge in [0.25, 0.3) is 0 Å². The van der Waals surface area contributed by atoms with Crippen molar-refractivity contribution in [2.24, 2.45) is 5.92 Å². The van der Waals surface area contributed by atoms with E-state index in [4.69, 9.17) is 11.6 Å². The van der Waals surface area contributed by atoms with Gasteiger partial charge in [-0.1, -0.05) is 11.6 Å². The fourth-order valence-corrected chi connectivity index (χ4v) is 2.60. The van der Waals surface area contributed by atoms with Crippen molar-refractivity contribution in [2.45, 2.75) is 31.9 Å². The molecule has 0 radical (unpaired) electrons. The van der Waals surface area contributed by atoms with Crippen LogP contribution in [0.5, 0.6) is 0 Å². The maximum atomic E-state index is 9.70. The Balaban J connectivity index is 1.78. The minimum Gasteiger partial charge on any atom is -0.392 e. The molecule has 0 saturated heterocycles. The molecular formula is C11H16ClNOS. The summed E-state index contributed by atoms with van der Waals surface area (Å²) in [4.78, 5) is 0. The number of thiophene rings is 1. The summed E-state index contributed by atoms with van der Waals surface area (Å²) in [5, 5.41) is 15.1. The summed E-state index contributed by atoms with van der Waals surface area (Å²) < 4.78 is 0.821. The van der Waals surface area contributed by atoms with E-state index in [0.29, 0.717) is 12.5 Å². The van der Waals surface area contributed by atoms with Crippen LogP contribution in [-0.4, -0.2) is 17.8 Å². The molecule has 1 heterocycles. The molecule has 1 aliphatic carbocycles. The highest BCUT2D eigenvalue weighted by atomic mass is 35.5. The third kappa shape index (κ3) is 3.18. The van der Waals surface area contributed by atoms with Gasteiger partial charge in [-0.3, -0.25) is 0 Å². The molecule has 1 saturated carbocycles. The van der Waals surface area contributed by atoms with Gasteiger partial charge < -0.3 is 10.4 Å². The van der Waals surface area contributed by atoms with Crippen LogP contribution in [0.1, 0.15) is 31.4 Å². The predicted molar refractivity (Wildman–Crippen MR) is 64.5 cm³/mol. The predicted octanol–water partition coefficient (Wildman–Crippen LogP) is 2.82. The van der Waals surface area contributed by atoms with Crippen molar-refractivity contribution in [1.29, 1.82) is 0 Å². The number of rotatable bonds is 5. The maximum Gasteiger partial charge on any atom is 0.0931 e. The maximum absolute atomic E-state index is 9.70. The second-order valence-electron chi connectivity index (χ2n) is 4.22. The summed E-state index contributed by atoms with van der Waals surface area (Å²) in [5.74, 6) is 0.538. The van der Waals surface area contributed by atoms with E-state index in [1.165, 1.54) is 18.4 Å². The Hall–Kier alpha value is -0.0900. The number of nitrogens with one attached hydrogen (secondary N) is 1. The lowest BCUT2D eigenvalue weighted by atomic mass is 10.1. The molecule has 1 aliphatic rings. The topological polar surface area (TPSA) is 32.3 Å². The van der Waals surface area contributed by atoms with Gasteiger partial charge in [0.1, 0.15) is 0 Å². The van der Waals surface area contributed by atoms with Gasteiger partial charge >= 0.3 is 0 Å². The van der Waals surface area contributed by atoms with Gasteiger partial charge in [-0.15, -0.1) is 11.3 Å². The van der Waals surface area contributed by atoms with E-state index in [1.807, 2.05) is 6.07 Å². The summed E-state index contributed by atoms with van der Waals surface area (Å²) >= 11 is 7.42. The molecule has 0 aliphatic heterocycles. The lowest BCUT2D eigenvalue weighted by Crippen LogP contribution is -2.30. The van der Waals surface area contributed by atoms with Crippen molar-refractivity contribution in [2.75, 3.05) is 6.54 Å². The van der Waals surface area contributed by atoms with Crippen molar-refractivity contribution in [3.63, 3.8) is 0 Å². The number of aliphatic hydroxyl groups excluding tert-OH is 1. The van der Waals surface area contributed by atoms with Gasteiger partial charge in [0.2, 0.25) is 0 Å². The first-order valence-corrected chi connectivity index (χ1v) is 6.58. The Morgan fingerprint density at radius 2 is 2.40 bits per heavy atom. The SMILES string of the molecule is CC(NCC(O)C1CC1)c1csc(Cl)c1. The lowest BCUT2D eigenvalue weighted by Gasteiger charge is -2.15. The van der Waals surface area contributed by atoms with Gasteiger partial charge in [0.15, 0.2) is 0 Å². The van der Waals surface area contributed by atoms with Crippen LogP contribution in [-0.2, 0) is 0 Å². The number of hydrogen-bond donors (Lipinski definition) is 2. The second kappa shape index (κ2) is 4.83. The number of halogens is 1. The zero-order chi connectivity index (χ0) is 10.8. The summed E-state index contributed by atoms with van der Waals surface area (Å²) in [6, 6.07) is 2.25. The van der Waals surface area contributed by atoms with Gasteiger partial charge in [-0.25, -0.2) is 0 Å². The Kier molecular flexibility index (Phi) is 3.67. The third-order valence-corrected chi connectivity index (χ3v) is 4.00. The lowest BCUT2D eigenvalue weighted by molar-refractivity contribution is 0.145. The summed E-state index contributed by atoms with van der Waals surface area (Å²) in [5.41, 5.74) is 1.20. The van der Waals surface area contributed by atoms with E-state index < -0.39 is 0 Å². The summed E-state index contributed by atoms with van der Waals surface area (Å²) in [6.45, 7) is 2.78. The van der Waals surface area contributed by atoms with E-state index in [0.717, 1.165) is 4.34 Å². The van der Waals surface area contributed by atoms with Crippen molar-refractivity contribution in [3.8, 4) is 0 Å². The first kappa shape index (κ1) is 11.4. The average molecular weight is 246 g/mol. The minimum atomic E-state index is -0.179. The van der Waals surface area contributed by atoms with Crippen molar-refractivity contribution in [1.82, 2.24) is 5.32 Å². The smallest absolute Gasteiger partial charge is 0.0931 e. The second-order valence-corrected chi connectivity index (χ2v) is 5.76. The fraction of sp³-hybridized carbons (Fsp3) is 0.636. The van der Waals surface area contributed by atoms with E-state index in [2.05, 4.69) is 17.6 Å². The van der Waals surface area contributed by atoms with E-state index in [9.17, 15) is 5.11 Å². The molecule has 1 fully saturated rings. The molecule has 2 unspecified atom stereocenters. The van der Waals surface area contributed by atoms with Crippen LogP contribution >= 0.6 is 22.9 Å². The first-order valence-electron chi connectivity index (χ1n) is 5.32. The Morgan fingerprint density at radius 1 is 1.67 bits per heavy atom. The van der Waals surface area contributed by atoms with Crippen LogP contribution in [0.3, 0.4) is 0 Å². The number of hydrogen-bond acceptors (Lipinski definition) is 3. The molecular weight excluding hydrogens is 230 g/mol. The van der Waals surface area contributed by atoms with Crippen molar-refractivity contribution < 1.29 is 5.11 Å². The minimum absolute atomic E-state index is 0.179. The summed E-state index contributed by atoms with van der Waals surface area (Å²) in [6.07, 6.45) is 2.18. The normalized spacial score (nSPS) is 20.2. The highest BCUT2D eigenvalue weighted by Gasteiger charge is 2.29. The van der Waals surface area contributed by atoms with Crippen LogP contribution < -0.4 is 5.32 Å². The van der Waals surface area contributed by atoms with E-state index in [1.54, 1.807) is 11.3 Å². The molecule has 2 rings (SSSR count). The van der Waals surface area contributed by atoms with Crippen LogP contribution in [0.4, 0.5) is 0 Å². The van der Waals surface area contributed by atoms with Gasteiger partial charge in [-0.05, 0) is 42.7 Å². The molecule has 0 aromatic carbocycles. The largest absolute Gasteiger partial charge is 0.392 e. The molecule has 0 bridgehead atoms. The highest BCUT2D eigenvalue weighted by molar-refractivity contribution is 7.14. The monoisotopic (exact) mass is 245 g/mol. The van der Waals surface area contributed by atoms with E-state index >= 15 is 0 Å². The third-order valence-electron chi connectivity index (χ3n) is 2.89. The van der Waals surface area contributed by atoms with Crippen LogP contribution in [0.15, 0.2) is 11.4 Å². The molecule has 4 heteroatoms. The molecule has 1 aromatic heterocycles. The van der Waals surface area contributed by atoms with Gasteiger partial charge in [0, 0.05) is 12.6 Å². The molecule has 2 N–H and O–H groups in total. The zero-order valence-corrected chi connectivity index (χ0v) is 10.3. The van der Waals surface area contributed by atoms with Gasteiger partial charge in [-0.2, -0.15) is 0 Å². The van der Waals surface area contributed by atoms with Crippen molar-refractivity contribution in [3.05, 3.63) is 21.3 Å². The first-order chi connectivity index (χ1) is 7.16. The zero-order valence-electron chi connectivity index (χ0n) is 8.74. The standard InChI is InChI=1S/C11H16ClNOS/c1-7(9-4-11(12)15-6-9)13-5-10(14)8-2-3-8/h4,6-8,10,13-14H,2-3,5H2,1H3.